The minimum absolute atomic E-state index is 0.0132. The molecule has 0 atom stereocenters. The molecule has 1 aliphatic heterocycles. The highest BCUT2D eigenvalue weighted by molar-refractivity contribution is 7.90. The number of nitrogens with one attached hydrogen (secondary N) is 2. The minimum atomic E-state index is -5.07. The van der Waals surface area contributed by atoms with E-state index in [9.17, 15) is 31.3 Å². The zero-order valence-corrected chi connectivity index (χ0v) is 25.2. The summed E-state index contributed by atoms with van der Waals surface area (Å²) in [5, 5.41) is 17.5. The van der Waals surface area contributed by atoms with Crippen LogP contribution in [0.15, 0.2) is 62.7 Å². The molecule has 6 N–H and O–H groups in total. The van der Waals surface area contributed by atoms with E-state index in [2.05, 4.69) is 4.72 Å². The molecule has 0 unspecified atom stereocenters. The van der Waals surface area contributed by atoms with E-state index in [1.165, 1.54) is 36.4 Å². The number of hydrogen-bond donors (Lipinski definition) is 5. The molecule has 0 amide bonds. The van der Waals surface area contributed by atoms with Crippen LogP contribution in [0.3, 0.4) is 0 Å². The van der Waals surface area contributed by atoms with E-state index in [1.54, 1.807) is 13.2 Å². The smallest absolute Gasteiger partial charge is 0.336 e. The van der Waals surface area contributed by atoms with E-state index < -0.39 is 52.6 Å². The molecule has 1 aliphatic carbocycles. The van der Waals surface area contributed by atoms with Crippen molar-refractivity contribution in [2.75, 3.05) is 52.4 Å². The van der Waals surface area contributed by atoms with Crippen molar-refractivity contribution in [1.82, 2.24) is 4.72 Å². The van der Waals surface area contributed by atoms with Crippen LogP contribution in [0.1, 0.15) is 16.8 Å². The number of rotatable bonds is 15. The van der Waals surface area contributed by atoms with Crippen molar-refractivity contribution in [3.05, 3.63) is 59.5 Å². The fraction of sp³-hybridized carbons (Fsp3) is 0.286. The average Bonchev–Trinajstić information content (AvgIpc) is 2.95. The van der Waals surface area contributed by atoms with Gasteiger partial charge in [-0.15, -0.1) is 0 Å². The molecule has 0 aromatic heterocycles. The Morgan fingerprint density at radius 1 is 0.932 bits per heavy atom. The number of fused-ring (bicyclic) bond motifs is 2. The Hall–Kier alpha value is -3.90. The fourth-order valence-corrected chi connectivity index (χ4v) is 6.68. The number of carboxylic acids is 1. The molecular formula is C28H31N3O11S2. The maximum Gasteiger partial charge on any atom is 0.336 e. The van der Waals surface area contributed by atoms with Gasteiger partial charge in [0.15, 0.2) is 16.2 Å². The van der Waals surface area contributed by atoms with Gasteiger partial charge in [0.25, 0.3) is 10.1 Å². The summed E-state index contributed by atoms with van der Waals surface area (Å²) in [6, 6.07) is 11.0. The van der Waals surface area contributed by atoms with E-state index in [0.29, 0.717) is 26.4 Å². The monoisotopic (exact) mass is 649 g/mol. The molecule has 44 heavy (non-hydrogen) atoms. The van der Waals surface area contributed by atoms with Crippen LogP contribution in [0.2, 0.25) is 0 Å². The van der Waals surface area contributed by atoms with Crippen LogP contribution in [-0.4, -0.2) is 79.2 Å². The first-order chi connectivity index (χ1) is 20.9. The predicted molar refractivity (Wildman–Crippen MR) is 159 cm³/mol. The van der Waals surface area contributed by atoms with E-state index in [-0.39, 0.29) is 52.9 Å². The lowest BCUT2D eigenvalue weighted by molar-refractivity contribution is 0.0245. The quantitative estimate of drug-likeness (QED) is 0.0542. The standard InChI is InChI=1S/C28H31N3O11S2/c1-39-13-14-41-16-15-40-12-4-11-31-43(34,35)26-21(29)9-7-19-23(17-5-2-3-6-18(17)28(32)33)20-8-10-22(30)27(44(36,37)38)25(20)42-24(19)26/h2-3,5-10,30-31H,4,11-16,29H2,1H3,(H,32,33)(H,36,37,38). The molecule has 0 fully saturated rings. The van der Waals surface area contributed by atoms with Crippen molar-refractivity contribution in [3.63, 3.8) is 0 Å². The van der Waals surface area contributed by atoms with E-state index >= 15 is 0 Å². The first-order valence-electron chi connectivity index (χ1n) is 13.2. The summed E-state index contributed by atoms with van der Waals surface area (Å²) in [6.07, 6.45) is 0.286. The summed E-state index contributed by atoms with van der Waals surface area (Å²) in [7, 11) is -7.92. The Kier molecular flexibility index (Phi) is 10.4. The third-order valence-corrected chi connectivity index (χ3v) is 8.98. The number of hydrogen-bond acceptors (Lipinski definition) is 11. The third kappa shape index (κ3) is 7.07. The van der Waals surface area contributed by atoms with Gasteiger partial charge in [-0.3, -0.25) is 9.96 Å². The Balaban J connectivity index is 1.82. The molecule has 0 radical (unpaired) electrons. The van der Waals surface area contributed by atoms with Gasteiger partial charge in [0.1, 0.15) is 4.90 Å². The van der Waals surface area contributed by atoms with Crippen molar-refractivity contribution in [1.29, 1.82) is 5.41 Å². The van der Waals surface area contributed by atoms with Gasteiger partial charge in [-0.25, -0.2) is 17.9 Å². The summed E-state index contributed by atoms with van der Waals surface area (Å²) < 4.78 is 85.9. The van der Waals surface area contributed by atoms with Crippen molar-refractivity contribution in [2.45, 2.75) is 16.2 Å². The topological polar surface area (TPSA) is 229 Å². The molecule has 0 spiro atoms. The Morgan fingerprint density at radius 2 is 1.61 bits per heavy atom. The molecule has 0 saturated heterocycles. The van der Waals surface area contributed by atoms with E-state index in [1.807, 2.05) is 0 Å². The maximum absolute atomic E-state index is 13.6. The van der Waals surface area contributed by atoms with Gasteiger partial charge < -0.3 is 29.5 Å². The Bertz CT molecular complexity index is 1920. The molecule has 14 nitrogen and oxygen atoms in total. The van der Waals surface area contributed by atoms with Gasteiger partial charge in [0.2, 0.25) is 10.0 Å². The summed E-state index contributed by atoms with van der Waals surface area (Å²) in [6.45, 7) is 1.68. The molecule has 236 valence electrons. The number of anilines is 1. The van der Waals surface area contributed by atoms with Gasteiger partial charge in [-0.05, 0) is 42.3 Å². The number of aromatic carboxylic acids is 1. The van der Waals surface area contributed by atoms with E-state index in [4.69, 9.17) is 29.8 Å². The molecule has 0 saturated carbocycles. The highest BCUT2D eigenvalue weighted by Crippen LogP contribution is 2.45. The lowest BCUT2D eigenvalue weighted by Gasteiger charge is -2.20. The van der Waals surface area contributed by atoms with Crippen LogP contribution in [-0.2, 0) is 34.4 Å². The molecule has 2 aliphatic rings. The minimum Gasteiger partial charge on any atom is -0.478 e. The van der Waals surface area contributed by atoms with Crippen LogP contribution in [0.4, 0.5) is 5.69 Å². The van der Waals surface area contributed by atoms with E-state index in [0.717, 1.165) is 6.07 Å². The number of methoxy groups -OCH3 is 1. The number of sulfonamides is 1. The van der Waals surface area contributed by atoms with Gasteiger partial charge in [0.05, 0.1) is 43.0 Å². The normalized spacial score (nSPS) is 12.2. The third-order valence-electron chi connectivity index (χ3n) is 6.51. The highest BCUT2D eigenvalue weighted by Gasteiger charge is 2.32. The van der Waals surface area contributed by atoms with Crippen molar-refractivity contribution < 1.29 is 49.9 Å². The average molecular weight is 650 g/mol. The first-order valence-corrected chi connectivity index (χ1v) is 16.1. The zero-order chi connectivity index (χ0) is 32.1. The van der Waals surface area contributed by atoms with Crippen molar-refractivity contribution >= 4 is 42.8 Å². The number of carbonyl (C=O) groups is 1. The molecular weight excluding hydrogens is 618 g/mol. The molecule has 16 heteroatoms. The SMILES string of the molecule is COCCOCCOCCCNS(=O)(=O)c1c(N)ccc2c(-c3ccccc3C(=O)O)c3ccc(=N)c(S(=O)(=O)O)c-3oc12. The number of nitrogens with two attached hydrogens (primary N) is 1. The summed E-state index contributed by atoms with van der Waals surface area (Å²) in [5.74, 6) is -1.85. The molecule has 1 heterocycles. The highest BCUT2D eigenvalue weighted by atomic mass is 32.2. The van der Waals surface area contributed by atoms with Crippen LogP contribution in [0.5, 0.6) is 0 Å². The molecule has 0 bridgehead atoms. The Labute approximate surface area is 253 Å². The summed E-state index contributed by atoms with van der Waals surface area (Å²) in [4.78, 5) is 10.7. The zero-order valence-electron chi connectivity index (χ0n) is 23.5. The van der Waals surface area contributed by atoms with Gasteiger partial charge in [-0.2, -0.15) is 8.42 Å². The number of nitrogen functional groups attached to an aromatic ring is 1. The number of ether oxygens (including phenoxy) is 3. The fourth-order valence-electron chi connectivity index (χ4n) is 4.61. The first kappa shape index (κ1) is 33.0. The Morgan fingerprint density at radius 3 is 2.30 bits per heavy atom. The number of carboxylic acid groups (broad SMARTS) is 1. The lowest BCUT2D eigenvalue weighted by atomic mass is 9.90. The maximum atomic E-state index is 13.6. The second-order valence-corrected chi connectivity index (χ2v) is 12.5. The molecule has 2 aromatic carbocycles. The summed E-state index contributed by atoms with van der Waals surface area (Å²) in [5.41, 5.74) is 5.53. The van der Waals surface area contributed by atoms with Gasteiger partial charge in [-0.1, -0.05) is 18.2 Å². The van der Waals surface area contributed by atoms with Crippen LogP contribution in [0, 0.1) is 5.41 Å². The molecule has 4 rings (SSSR count). The van der Waals surface area contributed by atoms with Crippen LogP contribution < -0.4 is 15.8 Å². The van der Waals surface area contributed by atoms with Crippen LogP contribution in [0.25, 0.3) is 33.4 Å². The second-order valence-electron chi connectivity index (χ2n) is 9.45. The van der Waals surface area contributed by atoms with Gasteiger partial charge in [0, 0.05) is 36.8 Å². The largest absolute Gasteiger partial charge is 0.478 e. The predicted octanol–water partition coefficient (Wildman–Crippen LogP) is 2.56. The lowest BCUT2D eigenvalue weighted by Crippen LogP contribution is -2.27. The molecule has 2 aromatic rings. The van der Waals surface area contributed by atoms with Crippen molar-refractivity contribution in [2.24, 2.45) is 0 Å². The summed E-state index contributed by atoms with van der Waals surface area (Å²) >= 11 is 0. The number of benzene rings is 3. The van der Waals surface area contributed by atoms with Crippen molar-refractivity contribution in [3.8, 4) is 22.5 Å². The second kappa shape index (κ2) is 13.8. The van der Waals surface area contributed by atoms with Crippen LogP contribution >= 0.6 is 0 Å². The van der Waals surface area contributed by atoms with Gasteiger partial charge >= 0.3 is 5.97 Å².